The van der Waals surface area contributed by atoms with Gasteiger partial charge >= 0.3 is 0 Å². The zero-order chi connectivity index (χ0) is 31.9. The number of rotatable bonds is 4. The maximum Gasteiger partial charge on any atom is -0.0202 e. The number of fused-ring (bicyclic) bond motifs is 4. The quantitative estimate of drug-likeness (QED) is 0.265. The summed E-state index contributed by atoms with van der Waals surface area (Å²) in [4.78, 5) is 0. The van der Waals surface area contributed by atoms with Crippen LogP contribution in [0.15, 0.2) is 11.6 Å². The van der Waals surface area contributed by atoms with Crippen molar-refractivity contribution in [2.24, 2.45) is 88.8 Å². The van der Waals surface area contributed by atoms with E-state index in [0.717, 1.165) is 88.8 Å². The molecule has 0 aromatic carbocycles. The van der Waals surface area contributed by atoms with Crippen LogP contribution in [-0.4, -0.2) is 0 Å². The Hall–Kier alpha value is -0.260. The van der Waals surface area contributed by atoms with Gasteiger partial charge in [0.1, 0.15) is 0 Å². The third kappa shape index (κ3) is 6.72. The van der Waals surface area contributed by atoms with Gasteiger partial charge in [0.2, 0.25) is 0 Å². The summed E-state index contributed by atoms with van der Waals surface area (Å²) in [6.45, 7) is 0. The molecule has 0 spiro atoms. The Morgan fingerprint density at radius 2 is 0.750 bits per heavy atom. The van der Waals surface area contributed by atoms with Gasteiger partial charge in [-0.1, -0.05) is 121 Å². The lowest BCUT2D eigenvalue weighted by Gasteiger charge is -2.61. The Kier molecular flexibility index (Phi) is 10.8. The molecule has 8 saturated carbocycles. The molecule has 9 rings (SSSR count). The predicted molar refractivity (Wildman–Crippen MR) is 204 cm³/mol. The molecule has 9 aliphatic rings. The van der Waals surface area contributed by atoms with Crippen molar-refractivity contribution in [3.05, 3.63) is 11.6 Å². The van der Waals surface area contributed by atoms with E-state index in [0.29, 0.717) is 0 Å². The van der Waals surface area contributed by atoms with Crippen molar-refractivity contribution in [2.45, 2.75) is 199 Å². The first-order valence-corrected chi connectivity index (χ1v) is 23.5. The highest BCUT2D eigenvalue weighted by atomic mass is 14.6. The Labute approximate surface area is 298 Å². The minimum absolute atomic E-state index is 0.943. The third-order valence-corrected chi connectivity index (χ3v) is 18.7. The Bertz CT molecular complexity index is 1040. The highest BCUT2D eigenvalue weighted by molar-refractivity contribution is 5.14. The molecule has 0 radical (unpaired) electrons. The van der Waals surface area contributed by atoms with E-state index in [-0.39, 0.29) is 0 Å². The molecule has 0 aromatic heterocycles. The van der Waals surface area contributed by atoms with Gasteiger partial charge < -0.3 is 0 Å². The highest BCUT2D eigenvalue weighted by Crippen LogP contribution is 2.63. The number of hydrogen-bond acceptors (Lipinski definition) is 0. The average Bonchev–Trinajstić information content (AvgIpc) is 3.53. The minimum Gasteiger partial charge on any atom is -0.0817 e. The fourth-order valence-electron chi connectivity index (χ4n) is 17.1. The second-order valence-electron chi connectivity index (χ2n) is 20.7. The second-order valence-corrected chi connectivity index (χ2v) is 20.7. The van der Waals surface area contributed by atoms with Crippen LogP contribution in [0.3, 0.4) is 0 Å². The first kappa shape index (κ1) is 33.6. The van der Waals surface area contributed by atoms with Gasteiger partial charge in [0.15, 0.2) is 0 Å². The van der Waals surface area contributed by atoms with Crippen molar-refractivity contribution < 1.29 is 0 Å². The summed E-state index contributed by atoms with van der Waals surface area (Å²) in [6.07, 6.45) is 51.9. The van der Waals surface area contributed by atoms with Gasteiger partial charge in [-0.2, -0.15) is 0 Å². The molecular weight excluding hydrogens is 577 g/mol. The third-order valence-electron chi connectivity index (χ3n) is 18.7. The molecule has 15 atom stereocenters. The molecule has 48 heavy (non-hydrogen) atoms. The molecule has 0 heteroatoms. The van der Waals surface area contributed by atoms with Crippen molar-refractivity contribution in [1.82, 2.24) is 0 Å². The molecule has 9 aliphatic carbocycles. The normalized spacial score (nSPS) is 50.3. The largest absolute Gasteiger partial charge is 0.0817 e. The molecular formula is C48H78. The van der Waals surface area contributed by atoms with Crippen LogP contribution in [0.25, 0.3) is 0 Å². The molecule has 12 unspecified atom stereocenters. The van der Waals surface area contributed by atoms with E-state index in [1.165, 1.54) is 44.9 Å². The summed E-state index contributed by atoms with van der Waals surface area (Å²) in [5, 5.41) is 0. The summed E-state index contributed by atoms with van der Waals surface area (Å²) < 4.78 is 0. The van der Waals surface area contributed by atoms with Crippen LogP contribution in [0.5, 0.6) is 0 Å². The highest BCUT2D eigenvalue weighted by Gasteiger charge is 2.56. The van der Waals surface area contributed by atoms with E-state index >= 15 is 0 Å². The van der Waals surface area contributed by atoms with E-state index in [1.54, 1.807) is 154 Å². The number of hydrogen-bond donors (Lipinski definition) is 0. The van der Waals surface area contributed by atoms with Crippen molar-refractivity contribution in [1.29, 1.82) is 0 Å². The standard InChI is InChI=1S/C48H78/c1-2-15-34-18-13-29-42(41(34)24-3-1)38-21-12-23-40(32-38)48-45-27-8-6-25-43(45)47(44-26-7-9-28-46(44)48)39-22-11-20-37(31-39)36-19-10-17-33-14-4-5-16-35(33)30-36/h30,33-34,36-48H,1-29,31-32H2/t33?,34?,36?,37?,38-,39?,40?,41+,42?,43?,44?,45+,46?,47?,48?/m0/s1. The van der Waals surface area contributed by atoms with Crippen LogP contribution in [0.1, 0.15) is 199 Å². The molecule has 0 aromatic rings. The molecule has 0 saturated heterocycles. The molecule has 0 nitrogen and oxygen atoms in total. The van der Waals surface area contributed by atoms with Crippen LogP contribution < -0.4 is 0 Å². The maximum atomic E-state index is 2.96. The van der Waals surface area contributed by atoms with E-state index in [4.69, 9.17) is 0 Å². The monoisotopic (exact) mass is 655 g/mol. The van der Waals surface area contributed by atoms with E-state index in [9.17, 15) is 0 Å². The van der Waals surface area contributed by atoms with Crippen LogP contribution in [0.4, 0.5) is 0 Å². The van der Waals surface area contributed by atoms with Crippen LogP contribution in [0.2, 0.25) is 0 Å². The van der Waals surface area contributed by atoms with Gasteiger partial charge in [0, 0.05) is 0 Å². The SMILES string of the molecule is C1=C2CCCCC2CCCC1C1CCCC(C2C3CCCCC3C(C3CCC[C@H](C4CCCC5CCCCC[C@H]54)C3)[C@@H]3CCCCC23)C1. The summed E-state index contributed by atoms with van der Waals surface area (Å²) in [5.41, 5.74) is 1.94. The van der Waals surface area contributed by atoms with Crippen LogP contribution in [-0.2, 0) is 0 Å². The molecule has 0 bridgehead atoms. The first-order chi connectivity index (χ1) is 23.8. The summed E-state index contributed by atoms with van der Waals surface area (Å²) in [6, 6.07) is 0. The Morgan fingerprint density at radius 3 is 1.48 bits per heavy atom. The fraction of sp³-hybridized carbons (Fsp3) is 0.958. The predicted octanol–water partition coefficient (Wildman–Crippen LogP) is 14.4. The van der Waals surface area contributed by atoms with Crippen LogP contribution >= 0.6 is 0 Å². The smallest absolute Gasteiger partial charge is 0.0202 e. The van der Waals surface area contributed by atoms with Gasteiger partial charge in [0.05, 0.1) is 0 Å². The molecule has 8 fully saturated rings. The maximum absolute atomic E-state index is 2.96. The number of allylic oxidation sites excluding steroid dienone is 2. The van der Waals surface area contributed by atoms with Gasteiger partial charge in [0.25, 0.3) is 0 Å². The lowest BCUT2D eigenvalue weighted by atomic mass is 9.44. The van der Waals surface area contributed by atoms with E-state index < -0.39 is 0 Å². The van der Waals surface area contributed by atoms with Crippen molar-refractivity contribution in [2.75, 3.05) is 0 Å². The van der Waals surface area contributed by atoms with Gasteiger partial charge in [-0.15, -0.1) is 0 Å². The topological polar surface area (TPSA) is 0 Å². The summed E-state index contributed by atoms with van der Waals surface area (Å²) >= 11 is 0. The summed E-state index contributed by atoms with van der Waals surface area (Å²) in [7, 11) is 0. The van der Waals surface area contributed by atoms with Crippen molar-refractivity contribution >= 4 is 0 Å². The molecule has 0 heterocycles. The second kappa shape index (κ2) is 15.4. The summed E-state index contributed by atoms with van der Waals surface area (Å²) in [5.74, 6) is 16.3. The minimum atomic E-state index is 0.943. The van der Waals surface area contributed by atoms with Crippen molar-refractivity contribution in [3.63, 3.8) is 0 Å². The fourth-order valence-corrected chi connectivity index (χ4v) is 17.1. The first-order valence-electron chi connectivity index (χ1n) is 23.5. The molecule has 270 valence electrons. The Balaban J connectivity index is 0.947. The Morgan fingerprint density at radius 1 is 0.312 bits per heavy atom. The molecule has 0 amide bonds. The van der Waals surface area contributed by atoms with E-state index in [1.807, 2.05) is 5.57 Å². The van der Waals surface area contributed by atoms with Gasteiger partial charge in [-0.05, 0) is 179 Å². The van der Waals surface area contributed by atoms with Gasteiger partial charge in [-0.3, -0.25) is 0 Å². The zero-order valence-electron chi connectivity index (χ0n) is 31.7. The zero-order valence-corrected chi connectivity index (χ0v) is 31.7. The van der Waals surface area contributed by atoms with E-state index in [2.05, 4.69) is 6.08 Å². The average molecular weight is 655 g/mol. The molecule has 0 aliphatic heterocycles. The van der Waals surface area contributed by atoms with Gasteiger partial charge in [-0.25, -0.2) is 0 Å². The lowest BCUT2D eigenvalue weighted by molar-refractivity contribution is -0.119. The van der Waals surface area contributed by atoms with Crippen LogP contribution in [0, 0.1) is 88.8 Å². The molecule has 0 N–H and O–H groups in total. The lowest BCUT2D eigenvalue weighted by Crippen LogP contribution is -2.54. The van der Waals surface area contributed by atoms with Crippen molar-refractivity contribution in [3.8, 4) is 0 Å².